The van der Waals surface area contributed by atoms with E-state index < -0.39 is 25.0 Å². The lowest BCUT2D eigenvalue weighted by atomic mass is 10.2. The highest BCUT2D eigenvalue weighted by molar-refractivity contribution is 7.57. The predicted octanol–water partition coefficient (Wildman–Crippen LogP) is 1.32. The Morgan fingerprint density at radius 1 is 1.30 bits per heavy atom. The van der Waals surface area contributed by atoms with E-state index >= 15 is 0 Å². The Morgan fingerprint density at radius 3 is 2.48 bits per heavy atom. The lowest BCUT2D eigenvalue weighted by molar-refractivity contribution is -0.139. The maximum absolute atomic E-state index is 13.1. The molecule has 1 fully saturated rings. The van der Waals surface area contributed by atoms with Crippen molar-refractivity contribution >= 4 is 7.52 Å². The maximum Gasteiger partial charge on any atom is 0.330 e. The summed E-state index contributed by atoms with van der Waals surface area (Å²) in [5, 5.41) is 0. The van der Waals surface area contributed by atoms with Crippen LogP contribution in [-0.2, 0) is 13.8 Å². The molecular weight excluding hydrogens is 371 g/mol. The number of aromatic nitrogens is 2. The molecule has 1 aliphatic heterocycles. The van der Waals surface area contributed by atoms with Crippen LogP contribution >= 0.6 is 7.52 Å². The van der Waals surface area contributed by atoms with Crippen LogP contribution in [0.15, 0.2) is 21.9 Å². The molecule has 1 N–H and O–H groups in total. The third kappa shape index (κ3) is 5.18. The molecule has 0 amide bonds. The molecule has 154 valence electrons. The predicted molar refractivity (Wildman–Crippen MR) is 104 cm³/mol. The molecule has 0 saturated carbocycles. The summed E-state index contributed by atoms with van der Waals surface area (Å²) in [7, 11) is 0.521. The second kappa shape index (κ2) is 8.84. The average molecular weight is 402 g/mol. The number of aromatic amines is 1. The lowest BCUT2D eigenvalue weighted by Gasteiger charge is -2.41. The number of nitrogens with one attached hydrogen (secondary N) is 1. The topological polar surface area (TPSA) is 96.9 Å². The van der Waals surface area contributed by atoms with Gasteiger partial charge in [0.05, 0.1) is 12.7 Å². The normalized spacial score (nSPS) is 23.9. The standard InChI is InChI=1S/C17H31N4O5P/c1-12(2)20-9-14(11-25-27(24,13(3)4)19(5)6)26-16(10-20)21-8-7-15(22)18-17(21)23/h7-8,12-14,16H,9-11H2,1-6H3,(H,18,22,23)/t14-,16+,27?/m0/s1. The van der Waals surface area contributed by atoms with Crippen molar-refractivity contribution in [2.75, 3.05) is 33.8 Å². The highest BCUT2D eigenvalue weighted by Crippen LogP contribution is 2.53. The van der Waals surface area contributed by atoms with Crippen molar-refractivity contribution in [2.45, 2.75) is 51.7 Å². The molecule has 2 rings (SSSR count). The van der Waals surface area contributed by atoms with Gasteiger partial charge in [0.25, 0.3) is 13.1 Å². The van der Waals surface area contributed by atoms with Gasteiger partial charge >= 0.3 is 5.69 Å². The third-order valence-electron chi connectivity index (χ3n) is 4.73. The minimum Gasteiger partial charge on any atom is -0.350 e. The van der Waals surface area contributed by atoms with E-state index in [4.69, 9.17) is 9.26 Å². The average Bonchev–Trinajstić information content (AvgIpc) is 2.58. The van der Waals surface area contributed by atoms with E-state index in [0.29, 0.717) is 13.1 Å². The van der Waals surface area contributed by atoms with Gasteiger partial charge in [0.15, 0.2) is 6.23 Å². The molecule has 1 aromatic heterocycles. The number of ether oxygens (including phenoxy) is 1. The van der Waals surface area contributed by atoms with Crippen LogP contribution in [0, 0.1) is 0 Å². The van der Waals surface area contributed by atoms with Crippen LogP contribution in [0.3, 0.4) is 0 Å². The molecule has 9 nitrogen and oxygen atoms in total. The first-order valence-corrected chi connectivity index (χ1v) is 10.8. The summed E-state index contributed by atoms with van der Waals surface area (Å²) >= 11 is 0. The Labute approximate surface area is 159 Å². The molecule has 0 aliphatic carbocycles. The monoisotopic (exact) mass is 402 g/mol. The Bertz CT molecular complexity index is 776. The van der Waals surface area contributed by atoms with Gasteiger partial charge < -0.3 is 9.26 Å². The van der Waals surface area contributed by atoms with Crippen molar-refractivity contribution in [2.24, 2.45) is 0 Å². The van der Waals surface area contributed by atoms with E-state index in [1.54, 1.807) is 18.8 Å². The van der Waals surface area contributed by atoms with Crippen molar-refractivity contribution in [1.29, 1.82) is 0 Å². The number of morpholine rings is 1. The SMILES string of the molecule is CC(C)N1C[C@@H](COP(=O)(C(C)C)N(C)C)O[C@@H](n2ccc(=O)[nH]c2=O)C1. The lowest BCUT2D eigenvalue weighted by Crippen LogP contribution is -2.51. The fourth-order valence-corrected chi connectivity index (χ4v) is 4.92. The highest BCUT2D eigenvalue weighted by Gasteiger charge is 2.35. The van der Waals surface area contributed by atoms with Crippen LogP contribution in [0.5, 0.6) is 0 Å². The van der Waals surface area contributed by atoms with Crippen LogP contribution in [0.2, 0.25) is 0 Å². The van der Waals surface area contributed by atoms with E-state index in [1.807, 2.05) is 13.8 Å². The van der Waals surface area contributed by atoms with Gasteiger partial charge in [-0.3, -0.25) is 23.8 Å². The zero-order valence-electron chi connectivity index (χ0n) is 16.9. The summed E-state index contributed by atoms with van der Waals surface area (Å²) in [6, 6.07) is 1.53. The van der Waals surface area contributed by atoms with E-state index in [1.165, 1.54) is 16.8 Å². The fraction of sp³-hybridized carbons (Fsp3) is 0.765. The first kappa shape index (κ1) is 22.0. The Kier molecular flexibility index (Phi) is 7.21. The smallest absolute Gasteiger partial charge is 0.330 e. The van der Waals surface area contributed by atoms with E-state index in [-0.39, 0.29) is 24.4 Å². The van der Waals surface area contributed by atoms with E-state index in [9.17, 15) is 14.2 Å². The van der Waals surface area contributed by atoms with Crippen LogP contribution in [0.4, 0.5) is 0 Å². The summed E-state index contributed by atoms with van der Waals surface area (Å²) < 4.78 is 28.0. The fourth-order valence-electron chi connectivity index (χ4n) is 3.08. The molecular formula is C17H31N4O5P. The second-order valence-corrected chi connectivity index (χ2v) is 10.8. The summed E-state index contributed by atoms with van der Waals surface area (Å²) in [4.78, 5) is 27.9. The van der Waals surface area contributed by atoms with Crippen LogP contribution in [0.25, 0.3) is 0 Å². The minimum atomic E-state index is -2.96. The number of hydrogen-bond acceptors (Lipinski definition) is 6. The van der Waals surface area contributed by atoms with Gasteiger partial charge in [-0.05, 0) is 27.9 Å². The first-order chi connectivity index (χ1) is 12.5. The molecule has 0 aromatic carbocycles. The Balaban J connectivity index is 2.20. The zero-order chi connectivity index (χ0) is 20.4. The summed E-state index contributed by atoms with van der Waals surface area (Å²) in [5.74, 6) is 0. The van der Waals surface area contributed by atoms with Gasteiger partial charge in [-0.2, -0.15) is 0 Å². The Morgan fingerprint density at radius 2 is 1.96 bits per heavy atom. The van der Waals surface area contributed by atoms with Crippen LogP contribution in [-0.4, -0.2) is 70.7 Å². The number of H-pyrrole nitrogens is 1. The van der Waals surface area contributed by atoms with Crippen molar-refractivity contribution in [3.63, 3.8) is 0 Å². The summed E-state index contributed by atoms with van der Waals surface area (Å²) in [6.45, 7) is 9.14. The highest BCUT2D eigenvalue weighted by atomic mass is 31.2. The molecule has 0 spiro atoms. The number of nitrogens with zero attached hydrogens (tertiary/aromatic N) is 3. The summed E-state index contributed by atoms with van der Waals surface area (Å²) in [6.07, 6.45) is 0.528. The quantitative estimate of drug-likeness (QED) is 0.687. The van der Waals surface area contributed by atoms with Gasteiger partial charge in [0, 0.05) is 37.1 Å². The summed E-state index contributed by atoms with van der Waals surface area (Å²) in [5.41, 5.74) is -1.11. The molecule has 10 heteroatoms. The molecule has 1 aromatic rings. The van der Waals surface area contributed by atoms with Gasteiger partial charge in [-0.15, -0.1) is 0 Å². The zero-order valence-corrected chi connectivity index (χ0v) is 17.8. The Hall–Kier alpha value is -1.25. The van der Waals surface area contributed by atoms with Crippen molar-refractivity contribution < 1.29 is 13.8 Å². The van der Waals surface area contributed by atoms with Crippen LogP contribution in [0.1, 0.15) is 33.9 Å². The first-order valence-electron chi connectivity index (χ1n) is 9.17. The molecule has 27 heavy (non-hydrogen) atoms. The maximum atomic E-state index is 13.1. The molecule has 2 heterocycles. The van der Waals surface area contributed by atoms with Gasteiger partial charge in [-0.1, -0.05) is 13.8 Å². The molecule has 0 bridgehead atoms. The third-order valence-corrected chi connectivity index (χ3v) is 7.66. The number of rotatable bonds is 7. The van der Waals surface area contributed by atoms with Gasteiger partial charge in [0.1, 0.15) is 0 Å². The van der Waals surface area contributed by atoms with Crippen LogP contribution < -0.4 is 11.2 Å². The van der Waals surface area contributed by atoms with Gasteiger partial charge in [-0.25, -0.2) is 9.46 Å². The van der Waals surface area contributed by atoms with Crippen molar-refractivity contribution in [3.8, 4) is 0 Å². The number of hydrogen-bond donors (Lipinski definition) is 1. The van der Waals surface area contributed by atoms with E-state index in [0.717, 1.165) is 0 Å². The largest absolute Gasteiger partial charge is 0.350 e. The van der Waals surface area contributed by atoms with Gasteiger partial charge in [0.2, 0.25) is 0 Å². The van der Waals surface area contributed by atoms with Crippen molar-refractivity contribution in [3.05, 3.63) is 33.1 Å². The minimum absolute atomic E-state index is 0.144. The molecule has 1 aliphatic rings. The molecule has 1 saturated heterocycles. The molecule has 1 unspecified atom stereocenters. The molecule has 0 radical (unpaired) electrons. The molecule has 3 atom stereocenters. The van der Waals surface area contributed by atoms with E-state index in [2.05, 4.69) is 23.7 Å². The second-order valence-electron chi connectivity index (χ2n) is 7.58. The van der Waals surface area contributed by atoms with Crippen molar-refractivity contribution in [1.82, 2.24) is 19.1 Å².